The van der Waals surface area contributed by atoms with Crippen molar-refractivity contribution >= 4 is 11.8 Å². The van der Waals surface area contributed by atoms with Crippen LogP contribution in [0.1, 0.15) is 40.0 Å². The van der Waals surface area contributed by atoms with Gasteiger partial charge in [-0.1, -0.05) is 0 Å². The second kappa shape index (κ2) is 16.3. The van der Waals surface area contributed by atoms with E-state index >= 15 is 0 Å². The number of nitrogens with one attached hydrogen (secondary N) is 3. The molecule has 0 aromatic rings. The van der Waals surface area contributed by atoms with Crippen LogP contribution in [-0.4, -0.2) is 138 Å². The molecule has 0 saturated heterocycles. The summed E-state index contributed by atoms with van der Waals surface area (Å²) in [5.74, 6) is -1.13. The fourth-order valence-corrected chi connectivity index (χ4v) is 3.03. The van der Waals surface area contributed by atoms with Crippen molar-refractivity contribution in [3.05, 3.63) is 0 Å². The van der Waals surface area contributed by atoms with Gasteiger partial charge in [0.25, 0.3) is 0 Å². The smallest absolute Gasteiger partial charge is 0.237 e. The number of hydrogen-bond donors (Lipinski definition) is 12. The van der Waals surface area contributed by atoms with Crippen molar-refractivity contribution in [1.82, 2.24) is 16.0 Å². The lowest BCUT2D eigenvalue weighted by Crippen LogP contribution is -2.55. The third-order valence-electron chi connectivity index (χ3n) is 5.07. The van der Waals surface area contributed by atoms with Crippen LogP contribution in [-0.2, 0) is 9.59 Å². The van der Waals surface area contributed by atoms with Gasteiger partial charge in [-0.2, -0.15) is 0 Å². The van der Waals surface area contributed by atoms with Gasteiger partial charge in [0.15, 0.2) is 0 Å². The number of aliphatic hydroxyl groups is 9. The molecule has 0 heterocycles. The second-order valence-corrected chi connectivity index (χ2v) is 9.54. The summed E-state index contributed by atoms with van der Waals surface area (Å²) in [4.78, 5) is 24.8. The predicted octanol–water partition coefficient (Wildman–Crippen LogP) is -5.34. The molecule has 2 amide bonds. The quantitative estimate of drug-likeness (QED) is 0.0871. The van der Waals surface area contributed by atoms with Crippen LogP contribution in [0.2, 0.25) is 0 Å². The fraction of sp³-hybridized carbons (Fsp3) is 0.905. The van der Waals surface area contributed by atoms with E-state index in [0.717, 1.165) is 0 Å². The summed E-state index contributed by atoms with van der Waals surface area (Å²) in [5.41, 5.74) is -0.536. The number of carbonyl (C=O) groups excluding carboxylic acids is 2. The Morgan fingerprint density at radius 1 is 0.743 bits per heavy atom. The second-order valence-electron chi connectivity index (χ2n) is 9.54. The molecule has 0 radical (unpaired) electrons. The molecule has 1 unspecified atom stereocenters. The summed E-state index contributed by atoms with van der Waals surface area (Å²) in [6.07, 6.45) is -11.3. The molecule has 12 N–H and O–H groups in total. The summed E-state index contributed by atoms with van der Waals surface area (Å²) < 4.78 is 0. The maximum atomic E-state index is 12.6. The van der Waals surface area contributed by atoms with Crippen molar-refractivity contribution in [3.8, 4) is 0 Å². The molecule has 0 aliphatic heterocycles. The number of hydrogen-bond acceptors (Lipinski definition) is 12. The maximum Gasteiger partial charge on any atom is 0.237 e. The van der Waals surface area contributed by atoms with Crippen molar-refractivity contribution in [3.63, 3.8) is 0 Å². The van der Waals surface area contributed by atoms with Gasteiger partial charge in [-0.3, -0.25) is 9.59 Å². The zero-order valence-electron chi connectivity index (χ0n) is 20.4. The SMILES string of the molecule is CC(C)(C)NC(CCC(=O)NC[C@H](O)[C@@H](O)C[C@H](O)CO)C(=O)NC[C@H](O)[C@@H](O)[C@H](O)[C@H](O)CO. The highest BCUT2D eigenvalue weighted by Gasteiger charge is 2.31. The predicted molar refractivity (Wildman–Crippen MR) is 123 cm³/mol. The van der Waals surface area contributed by atoms with E-state index in [9.17, 15) is 45.3 Å². The average molecular weight is 514 g/mol. The minimum atomic E-state index is -1.84. The van der Waals surface area contributed by atoms with Gasteiger partial charge >= 0.3 is 0 Å². The lowest BCUT2D eigenvalue weighted by atomic mass is 10.0. The highest BCUT2D eigenvalue weighted by atomic mass is 16.4. The summed E-state index contributed by atoms with van der Waals surface area (Å²) >= 11 is 0. The van der Waals surface area contributed by atoms with E-state index < -0.39 is 85.9 Å². The van der Waals surface area contributed by atoms with Gasteiger partial charge in [-0.25, -0.2) is 0 Å². The molecule has 0 aliphatic rings. The molecule has 0 spiro atoms. The van der Waals surface area contributed by atoms with Crippen LogP contribution in [0.5, 0.6) is 0 Å². The van der Waals surface area contributed by atoms with E-state index in [1.165, 1.54) is 0 Å². The Balaban J connectivity index is 4.81. The molecule has 14 heteroatoms. The summed E-state index contributed by atoms with van der Waals surface area (Å²) in [7, 11) is 0. The van der Waals surface area contributed by atoms with Crippen molar-refractivity contribution in [2.24, 2.45) is 0 Å². The summed E-state index contributed by atoms with van der Waals surface area (Å²) in [6, 6.07) is -0.895. The van der Waals surface area contributed by atoms with Crippen LogP contribution in [0.25, 0.3) is 0 Å². The molecule has 0 aromatic carbocycles. The monoisotopic (exact) mass is 513 g/mol. The van der Waals surface area contributed by atoms with E-state index in [1.54, 1.807) is 20.8 Å². The minimum Gasteiger partial charge on any atom is -0.394 e. The first-order valence-corrected chi connectivity index (χ1v) is 11.4. The van der Waals surface area contributed by atoms with Crippen molar-refractivity contribution < 1.29 is 55.5 Å². The maximum absolute atomic E-state index is 12.6. The molecule has 0 rings (SSSR count). The molecule has 0 aromatic heterocycles. The van der Waals surface area contributed by atoms with E-state index in [4.69, 9.17) is 10.2 Å². The molecule has 0 aliphatic carbocycles. The Morgan fingerprint density at radius 3 is 1.80 bits per heavy atom. The molecule has 0 saturated carbocycles. The fourth-order valence-electron chi connectivity index (χ4n) is 3.03. The first-order chi connectivity index (χ1) is 16.1. The Labute approximate surface area is 204 Å². The highest BCUT2D eigenvalue weighted by molar-refractivity contribution is 5.83. The summed E-state index contributed by atoms with van der Waals surface area (Å²) in [5, 5.41) is 93.2. The molecule has 208 valence electrons. The zero-order chi connectivity index (χ0) is 27.3. The van der Waals surface area contributed by atoms with Crippen LogP contribution in [0.3, 0.4) is 0 Å². The third-order valence-corrected chi connectivity index (χ3v) is 5.07. The molecule has 0 fully saturated rings. The molecule has 0 bridgehead atoms. The van der Waals surface area contributed by atoms with Gasteiger partial charge in [0.1, 0.15) is 18.3 Å². The lowest BCUT2D eigenvalue weighted by molar-refractivity contribution is -0.128. The van der Waals surface area contributed by atoms with Gasteiger partial charge in [0.05, 0.1) is 43.7 Å². The largest absolute Gasteiger partial charge is 0.394 e. The minimum absolute atomic E-state index is 0.0152. The number of carbonyl (C=O) groups is 2. The van der Waals surface area contributed by atoms with Gasteiger partial charge in [-0.15, -0.1) is 0 Å². The zero-order valence-corrected chi connectivity index (χ0v) is 20.4. The molecule has 8 atom stereocenters. The third kappa shape index (κ3) is 14.0. The van der Waals surface area contributed by atoms with Crippen LogP contribution in [0.15, 0.2) is 0 Å². The topological polar surface area (TPSA) is 252 Å². The standard InChI is InChI=1S/C21H43N3O11/c1-21(2,3)24-12(20(35)23-8-15(30)18(33)19(34)16(31)10-26)4-5-17(32)22-7-14(29)13(28)6-11(27)9-25/h11-16,18-19,24-31,33-34H,4-10H2,1-3H3,(H,22,32)(H,23,35)/t11-,12?,13-,14-,15-,16+,18+,19+/m0/s1. The van der Waals surface area contributed by atoms with Crippen molar-refractivity contribution in [2.75, 3.05) is 26.3 Å². The number of rotatable bonds is 17. The van der Waals surface area contributed by atoms with Crippen LogP contribution in [0, 0.1) is 0 Å². The van der Waals surface area contributed by atoms with Crippen LogP contribution >= 0.6 is 0 Å². The molecule has 35 heavy (non-hydrogen) atoms. The van der Waals surface area contributed by atoms with Crippen molar-refractivity contribution in [2.45, 2.75) is 94.3 Å². The lowest BCUT2D eigenvalue weighted by Gasteiger charge is -2.29. The van der Waals surface area contributed by atoms with Crippen molar-refractivity contribution in [1.29, 1.82) is 0 Å². The first-order valence-electron chi connectivity index (χ1n) is 11.4. The van der Waals surface area contributed by atoms with E-state index in [-0.39, 0.29) is 25.8 Å². The van der Waals surface area contributed by atoms with Gasteiger partial charge in [0, 0.05) is 31.5 Å². The van der Waals surface area contributed by atoms with E-state index in [1.807, 2.05) is 0 Å². The highest BCUT2D eigenvalue weighted by Crippen LogP contribution is 2.09. The van der Waals surface area contributed by atoms with E-state index in [0.29, 0.717) is 0 Å². The van der Waals surface area contributed by atoms with Gasteiger partial charge in [0.2, 0.25) is 11.8 Å². The van der Waals surface area contributed by atoms with Gasteiger partial charge in [-0.05, 0) is 27.2 Å². The van der Waals surface area contributed by atoms with Gasteiger partial charge < -0.3 is 61.9 Å². The Bertz CT molecular complexity index is 620. The Kier molecular flexibility index (Phi) is 15.6. The summed E-state index contributed by atoms with van der Waals surface area (Å²) in [6.45, 7) is 3.16. The molecular weight excluding hydrogens is 470 g/mol. The Morgan fingerprint density at radius 2 is 1.29 bits per heavy atom. The first kappa shape index (κ1) is 33.5. The molecule has 14 nitrogen and oxygen atoms in total. The number of aliphatic hydroxyl groups excluding tert-OH is 9. The van der Waals surface area contributed by atoms with E-state index in [2.05, 4.69) is 16.0 Å². The average Bonchev–Trinajstić information content (AvgIpc) is 2.80. The normalized spacial score (nSPS) is 19.1. The van der Waals surface area contributed by atoms with Crippen LogP contribution < -0.4 is 16.0 Å². The molecular formula is C21H43N3O11. The Hall–Kier alpha value is -1.46. The number of amides is 2. The van der Waals surface area contributed by atoms with Crippen LogP contribution in [0.4, 0.5) is 0 Å².